The van der Waals surface area contributed by atoms with E-state index in [1.165, 1.54) is 19.3 Å². The van der Waals surface area contributed by atoms with Crippen LogP contribution >= 0.6 is 0 Å². The Hall–Kier alpha value is -1.94. The zero-order valence-corrected chi connectivity index (χ0v) is 15.4. The third kappa shape index (κ3) is 3.28. The van der Waals surface area contributed by atoms with Crippen LogP contribution in [0.25, 0.3) is 11.4 Å². The molecule has 1 saturated heterocycles. The first-order valence-electron chi connectivity index (χ1n) is 9.17. The van der Waals surface area contributed by atoms with E-state index in [1.807, 2.05) is 18.2 Å². The van der Waals surface area contributed by atoms with E-state index >= 15 is 0 Å². The van der Waals surface area contributed by atoms with Gasteiger partial charge in [-0.1, -0.05) is 20.8 Å². The Balaban J connectivity index is 1.59. The van der Waals surface area contributed by atoms with E-state index in [0.717, 1.165) is 24.2 Å². The Kier molecular flexibility index (Phi) is 3.84. The maximum absolute atomic E-state index is 10.4. The van der Waals surface area contributed by atoms with Crippen molar-refractivity contribution in [2.75, 3.05) is 6.54 Å². The Morgan fingerprint density at radius 1 is 1.16 bits per heavy atom. The van der Waals surface area contributed by atoms with Crippen LogP contribution in [0.2, 0.25) is 0 Å². The number of nitrogens with zero attached hydrogens (tertiary/aromatic N) is 3. The maximum atomic E-state index is 10.4. The molecule has 25 heavy (non-hydrogen) atoms. The molecule has 1 aliphatic carbocycles. The van der Waals surface area contributed by atoms with E-state index in [0.29, 0.717) is 28.4 Å². The van der Waals surface area contributed by atoms with Gasteiger partial charge in [-0.3, -0.25) is 4.90 Å². The number of hydrogen-bond donors (Lipinski definition) is 1. The van der Waals surface area contributed by atoms with Crippen LogP contribution in [-0.2, 0) is 6.54 Å². The first kappa shape index (κ1) is 16.5. The lowest BCUT2D eigenvalue weighted by atomic mass is 9.65. The molecule has 2 heterocycles. The summed E-state index contributed by atoms with van der Waals surface area (Å²) >= 11 is 0. The van der Waals surface area contributed by atoms with Crippen LogP contribution in [0, 0.1) is 10.8 Å². The van der Waals surface area contributed by atoms with Crippen LogP contribution in [0.1, 0.15) is 45.6 Å². The summed E-state index contributed by atoms with van der Waals surface area (Å²) in [5.74, 6) is 1.07. The van der Waals surface area contributed by atoms with Crippen molar-refractivity contribution < 1.29 is 5.11 Å². The van der Waals surface area contributed by atoms with Crippen molar-refractivity contribution >= 4 is 0 Å². The predicted octanol–water partition coefficient (Wildman–Crippen LogP) is 4.25. The molecule has 1 aromatic heterocycles. The number of hydrogen-bond acceptors (Lipinski definition) is 4. The van der Waals surface area contributed by atoms with Gasteiger partial charge in [0.25, 0.3) is 0 Å². The molecule has 0 radical (unpaired) electrons. The molecule has 2 unspecified atom stereocenters. The molecule has 0 amide bonds. The fourth-order valence-electron chi connectivity index (χ4n) is 5.28. The second kappa shape index (κ2) is 5.80. The molecule has 2 aromatic rings. The van der Waals surface area contributed by atoms with Gasteiger partial charge in [0.1, 0.15) is 5.75 Å². The van der Waals surface area contributed by atoms with E-state index in [2.05, 4.69) is 35.6 Å². The Morgan fingerprint density at radius 3 is 2.68 bits per heavy atom. The zero-order chi connectivity index (χ0) is 17.7. The summed E-state index contributed by atoms with van der Waals surface area (Å²) in [7, 11) is 0. The second-order valence-electron chi connectivity index (χ2n) is 9.03. The Bertz CT molecular complexity index is 774. The van der Waals surface area contributed by atoms with Gasteiger partial charge in [0, 0.05) is 42.7 Å². The van der Waals surface area contributed by atoms with Crippen molar-refractivity contribution in [3.8, 4) is 17.1 Å². The summed E-state index contributed by atoms with van der Waals surface area (Å²) in [6.07, 6.45) is 7.31. The molecule has 1 aromatic carbocycles. The molecule has 2 aliphatic rings. The third-order valence-electron chi connectivity index (χ3n) is 5.80. The van der Waals surface area contributed by atoms with E-state index < -0.39 is 0 Å². The van der Waals surface area contributed by atoms with E-state index in [4.69, 9.17) is 0 Å². The smallest absolute Gasteiger partial charge is 0.159 e. The molecule has 0 spiro atoms. The molecule has 1 saturated carbocycles. The van der Waals surface area contributed by atoms with E-state index in [1.54, 1.807) is 18.5 Å². The standard InChI is InChI=1S/C21H27N3O/c1-20(2)10-17-11-21(3,13-20)14-24(17)12-16-9-15(5-6-18(16)25)19-22-7-4-8-23-19/h4-9,17,25H,10-14H2,1-3H3. The van der Waals surface area contributed by atoms with Crippen LogP contribution in [-0.4, -0.2) is 32.6 Å². The maximum Gasteiger partial charge on any atom is 0.159 e. The average Bonchev–Trinajstić information content (AvgIpc) is 2.78. The number of fused-ring (bicyclic) bond motifs is 2. The van der Waals surface area contributed by atoms with Crippen LogP contribution in [0.4, 0.5) is 0 Å². The fraction of sp³-hybridized carbons (Fsp3) is 0.524. The summed E-state index contributed by atoms with van der Waals surface area (Å²) in [6.45, 7) is 9.13. The Morgan fingerprint density at radius 2 is 1.92 bits per heavy atom. The lowest BCUT2D eigenvalue weighted by molar-refractivity contribution is 0.126. The van der Waals surface area contributed by atoms with Crippen LogP contribution < -0.4 is 0 Å². The van der Waals surface area contributed by atoms with Gasteiger partial charge < -0.3 is 5.11 Å². The minimum atomic E-state index is 0.366. The lowest BCUT2D eigenvalue weighted by Crippen LogP contribution is -2.34. The number of rotatable bonds is 3. The van der Waals surface area contributed by atoms with Gasteiger partial charge in [-0.05, 0) is 54.4 Å². The largest absolute Gasteiger partial charge is 0.508 e. The van der Waals surface area contributed by atoms with Crippen molar-refractivity contribution in [2.45, 2.75) is 52.6 Å². The molecule has 1 N–H and O–H groups in total. The van der Waals surface area contributed by atoms with Gasteiger partial charge >= 0.3 is 0 Å². The third-order valence-corrected chi connectivity index (χ3v) is 5.80. The van der Waals surface area contributed by atoms with Gasteiger partial charge in [0.05, 0.1) is 0 Å². The van der Waals surface area contributed by atoms with Crippen molar-refractivity contribution in [2.24, 2.45) is 10.8 Å². The van der Waals surface area contributed by atoms with Gasteiger partial charge in [0.15, 0.2) is 5.82 Å². The number of benzene rings is 1. The summed E-state index contributed by atoms with van der Waals surface area (Å²) < 4.78 is 0. The average molecular weight is 337 g/mol. The number of phenols is 1. The second-order valence-corrected chi connectivity index (χ2v) is 9.03. The molecule has 132 valence electrons. The summed E-state index contributed by atoms with van der Waals surface area (Å²) in [5, 5.41) is 10.4. The van der Waals surface area contributed by atoms with Gasteiger partial charge in [0.2, 0.25) is 0 Å². The van der Waals surface area contributed by atoms with Crippen LogP contribution in [0.5, 0.6) is 5.75 Å². The highest BCUT2D eigenvalue weighted by atomic mass is 16.3. The zero-order valence-electron chi connectivity index (χ0n) is 15.4. The highest BCUT2D eigenvalue weighted by Gasteiger charge is 2.49. The topological polar surface area (TPSA) is 49.2 Å². The van der Waals surface area contributed by atoms with Gasteiger partial charge in [-0.15, -0.1) is 0 Å². The van der Waals surface area contributed by atoms with Crippen LogP contribution in [0.15, 0.2) is 36.7 Å². The van der Waals surface area contributed by atoms with E-state index in [9.17, 15) is 5.11 Å². The SMILES string of the molecule is CC1(C)CC2CC(C)(CN2Cc2cc(-c3ncccn3)ccc2O)C1. The number of phenolic OH excluding ortho intramolecular Hbond substituents is 1. The summed E-state index contributed by atoms with van der Waals surface area (Å²) in [6, 6.07) is 8.14. The van der Waals surface area contributed by atoms with Crippen molar-refractivity contribution in [1.29, 1.82) is 0 Å². The van der Waals surface area contributed by atoms with Crippen molar-refractivity contribution in [1.82, 2.24) is 14.9 Å². The Labute approximate surface area is 149 Å². The first-order valence-corrected chi connectivity index (χ1v) is 9.17. The molecule has 2 bridgehead atoms. The number of aromatic nitrogens is 2. The summed E-state index contributed by atoms with van der Waals surface area (Å²) in [5.41, 5.74) is 2.75. The highest BCUT2D eigenvalue weighted by Crippen LogP contribution is 2.52. The predicted molar refractivity (Wildman–Crippen MR) is 99.1 cm³/mol. The normalized spacial score (nSPS) is 28.2. The molecule has 4 nitrogen and oxygen atoms in total. The van der Waals surface area contributed by atoms with Crippen LogP contribution in [0.3, 0.4) is 0 Å². The molecule has 4 rings (SSSR count). The van der Waals surface area contributed by atoms with Gasteiger partial charge in [-0.25, -0.2) is 9.97 Å². The quantitative estimate of drug-likeness (QED) is 0.909. The highest BCUT2D eigenvalue weighted by molar-refractivity contribution is 5.58. The van der Waals surface area contributed by atoms with Crippen molar-refractivity contribution in [3.05, 3.63) is 42.2 Å². The molecule has 2 atom stereocenters. The molecular formula is C21H27N3O. The molecular weight excluding hydrogens is 310 g/mol. The monoisotopic (exact) mass is 337 g/mol. The van der Waals surface area contributed by atoms with Crippen molar-refractivity contribution in [3.63, 3.8) is 0 Å². The van der Waals surface area contributed by atoms with Gasteiger partial charge in [-0.2, -0.15) is 0 Å². The molecule has 1 aliphatic heterocycles. The minimum absolute atomic E-state index is 0.366. The molecule has 2 fully saturated rings. The number of aromatic hydroxyl groups is 1. The number of likely N-dealkylation sites (tertiary alicyclic amines) is 1. The lowest BCUT2D eigenvalue weighted by Gasteiger charge is -2.40. The fourth-order valence-corrected chi connectivity index (χ4v) is 5.28. The minimum Gasteiger partial charge on any atom is -0.508 e. The first-order chi connectivity index (χ1) is 11.8. The summed E-state index contributed by atoms with van der Waals surface area (Å²) in [4.78, 5) is 11.2. The molecule has 4 heteroatoms. The van der Waals surface area contributed by atoms with E-state index in [-0.39, 0.29) is 0 Å².